The van der Waals surface area contributed by atoms with E-state index in [-0.39, 0.29) is 30.6 Å². The first-order valence-electron chi connectivity index (χ1n) is 8.65. The summed E-state index contributed by atoms with van der Waals surface area (Å²) >= 11 is 5.96. The Morgan fingerprint density at radius 3 is 2.62 bits per heavy atom. The molecule has 1 aromatic carbocycles. The third-order valence-electron chi connectivity index (χ3n) is 4.26. The Bertz CT molecular complexity index is 645. The van der Waals surface area contributed by atoms with Gasteiger partial charge in [-0.25, -0.2) is 0 Å². The van der Waals surface area contributed by atoms with Crippen molar-refractivity contribution in [2.75, 3.05) is 45.7 Å². The average molecular weight is 385 g/mol. The number of amides is 2. The zero-order valence-corrected chi connectivity index (χ0v) is 16.4. The van der Waals surface area contributed by atoms with Crippen LogP contribution >= 0.6 is 11.6 Å². The largest absolute Gasteiger partial charge is 0.495 e. The lowest BCUT2D eigenvalue weighted by Gasteiger charge is -2.32. The standard InChI is InChI=1S/C18H26ClN3O4/c1-12-8-22(9-13(2)26-12)11-18(24)21(3)10-17(23)20-15-7-14(19)5-6-16(15)25-4/h5-7,12-13H,8-11H2,1-4H3,(H,20,23)/p+1/t12-,13-/m0/s1. The first-order valence-corrected chi connectivity index (χ1v) is 9.02. The summed E-state index contributed by atoms with van der Waals surface area (Å²) < 4.78 is 10.9. The summed E-state index contributed by atoms with van der Waals surface area (Å²) in [6, 6.07) is 4.97. The van der Waals surface area contributed by atoms with Crippen LogP contribution in [0.25, 0.3) is 0 Å². The van der Waals surface area contributed by atoms with E-state index in [1.165, 1.54) is 16.9 Å². The minimum absolute atomic E-state index is 0.0383. The van der Waals surface area contributed by atoms with E-state index in [9.17, 15) is 9.59 Å². The van der Waals surface area contributed by atoms with Gasteiger partial charge in [-0.2, -0.15) is 0 Å². The number of halogens is 1. The van der Waals surface area contributed by atoms with E-state index in [1.54, 1.807) is 25.2 Å². The van der Waals surface area contributed by atoms with Crippen LogP contribution in [0.2, 0.25) is 5.02 Å². The number of likely N-dealkylation sites (N-methyl/N-ethyl adjacent to an activating group) is 1. The van der Waals surface area contributed by atoms with Crippen LogP contribution < -0.4 is 15.0 Å². The number of hydrogen-bond acceptors (Lipinski definition) is 4. The van der Waals surface area contributed by atoms with E-state index in [0.29, 0.717) is 23.0 Å². The Labute approximate surface area is 159 Å². The van der Waals surface area contributed by atoms with Gasteiger partial charge in [0.1, 0.15) is 31.0 Å². The number of hydrogen-bond donors (Lipinski definition) is 2. The number of nitrogens with one attached hydrogen (secondary N) is 2. The fraction of sp³-hybridized carbons (Fsp3) is 0.556. The van der Waals surface area contributed by atoms with Crippen molar-refractivity contribution >= 4 is 29.1 Å². The quantitative estimate of drug-likeness (QED) is 0.746. The van der Waals surface area contributed by atoms with Gasteiger partial charge in [0.2, 0.25) is 5.91 Å². The Balaban J connectivity index is 1.88. The highest BCUT2D eigenvalue weighted by atomic mass is 35.5. The van der Waals surface area contributed by atoms with Gasteiger partial charge in [0.25, 0.3) is 5.91 Å². The van der Waals surface area contributed by atoms with Gasteiger partial charge >= 0.3 is 0 Å². The maximum absolute atomic E-state index is 12.4. The van der Waals surface area contributed by atoms with Crippen molar-refractivity contribution in [2.24, 2.45) is 0 Å². The molecule has 144 valence electrons. The summed E-state index contributed by atoms with van der Waals surface area (Å²) in [5.41, 5.74) is 0.479. The van der Waals surface area contributed by atoms with Gasteiger partial charge in [0.15, 0.2) is 6.54 Å². The number of carbonyl (C=O) groups is 2. The average Bonchev–Trinajstić information content (AvgIpc) is 2.53. The van der Waals surface area contributed by atoms with Crippen molar-refractivity contribution in [3.05, 3.63) is 23.2 Å². The molecule has 1 aromatic rings. The molecule has 0 aromatic heterocycles. The molecule has 26 heavy (non-hydrogen) atoms. The normalized spacial score (nSPS) is 22.6. The summed E-state index contributed by atoms with van der Waals surface area (Å²) in [7, 11) is 3.14. The fourth-order valence-corrected chi connectivity index (χ4v) is 3.33. The molecule has 1 aliphatic rings. The molecule has 0 unspecified atom stereocenters. The third kappa shape index (κ3) is 5.86. The van der Waals surface area contributed by atoms with Crippen molar-refractivity contribution in [3.63, 3.8) is 0 Å². The van der Waals surface area contributed by atoms with Crippen molar-refractivity contribution in [1.29, 1.82) is 0 Å². The topological polar surface area (TPSA) is 72.3 Å². The maximum Gasteiger partial charge on any atom is 0.277 e. The zero-order valence-electron chi connectivity index (χ0n) is 15.7. The van der Waals surface area contributed by atoms with Crippen LogP contribution in [0.4, 0.5) is 5.69 Å². The minimum Gasteiger partial charge on any atom is -0.495 e. The molecule has 0 saturated carbocycles. The number of nitrogens with zero attached hydrogens (tertiary/aromatic N) is 1. The molecule has 1 fully saturated rings. The highest BCUT2D eigenvalue weighted by molar-refractivity contribution is 6.31. The summed E-state index contributed by atoms with van der Waals surface area (Å²) in [6.45, 7) is 5.91. The second kappa shape index (κ2) is 9.21. The van der Waals surface area contributed by atoms with Crippen LogP contribution in [0.5, 0.6) is 5.75 Å². The number of anilines is 1. The molecule has 2 rings (SSSR count). The highest BCUT2D eigenvalue weighted by Crippen LogP contribution is 2.27. The molecule has 2 atom stereocenters. The van der Waals surface area contributed by atoms with E-state index >= 15 is 0 Å². The van der Waals surface area contributed by atoms with Crippen LogP contribution in [0, 0.1) is 0 Å². The summed E-state index contributed by atoms with van der Waals surface area (Å²) in [6.07, 6.45) is 0.260. The predicted octanol–water partition coefficient (Wildman–Crippen LogP) is 0.438. The fourth-order valence-electron chi connectivity index (χ4n) is 3.15. The Kier molecular flexibility index (Phi) is 7.25. The summed E-state index contributed by atoms with van der Waals surface area (Å²) in [5.74, 6) is 0.132. The maximum atomic E-state index is 12.4. The SMILES string of the molecule is COc1ccc(Cl)cc1NC(=O)CN(C)C(=O)C[NH+]1C[C@H](C)O[C@@H](C)C1. The molecular formula is C18H27ClN3O4+. The lowest BCUT2D eigenvalue weighted by Crippen LogP contribution is -3.16. The van der Waals surface area contributed by atoms with Gasteiger partial charge < -0.3 is 24.6 Å². The van der Waals surface area contributed by atoms with E-state index in [4.69, 9.17) is 21.1 Å². The zero-order chi connectivity index (χ0) is 19.3. The second-order valence-corrected chi connectivity index (χ2v) is 7.17. The van der Waals surface area contributed by atoms with Crippen LogP contribution in [0.15, 0.2) is 18.2 Å². The molecular weight excluding hydrogens is 358 g/mol. The molecule has 1 aliphatic heterocycles. The van der Waals surface area contributed by atoms with E-state index in [1.807, 2.05) is 13.8 Å². The first-order chi connectivity index (χ1) is 12.3. The molecule has 2 amide bonds. The highest BCUT2D eigenvalue weighted by Gasteiger charge is 2.28. The van der Waals surface area contributed by atoms with Gasteiger partial charge in [-0.1, -0.05) is 11.6 Å². The lowest BCUT2D eigenvalue weighted by atomic mass is 10.2. The lowest BCUT2D eigenvalue weighted by molar-refractivity contribution is -0.907. The number of carbonyl (C=O) groups excluding carboxylic acids is 2. The van der Waals surface area contributed by atoms with Crippen molar-refractivity contribution in [2.45, 2.75) is 26.1 Å². The van der Waals surface area contributed by atoms with Crippen molar-refractivity contribution in [1.82, 2.24) is 4.90 Å². The number of rotatable bonds is 6. The van der Waals surface area contributed by atoms with E-state index in [0.717, 1.165) is 13.1 Å². The Morgan fingerprint density at radius 1 is 1.35 bits per heavy atom. The van der Waals surface area contributed by atoms with Gasteiger partial charge in [-0.15, -0.1) is 0 Å². The van der Waals surface area contributed by atoms with Crippen molar-refractivity contribution < 1.29 is 24.0 Å². The Morgan fingerprint density at radius 2 is 2.00 bits per heavy atom. The van der Waals surface area contributed by atoms with E-state index < -0.39 is 0 Å². The van der Waals surface area contributed by atoms with Gasteiger partial charge in [-0.3, -0.25) is 9.59 Å². The molecule has 0 aliphatic carbocycles. The number of benzene rings is 1. The number of ether oxygens (including phenoxy) is 2. The first kappa shape index (κ1) is 20.5. The molecule has 0 spiro atoms. The van der Waals surface area contributed by atoms with E-state index in [2.05, 4.69) is 5.32 Å². The number of morpholine rings is 1. The number of methoxy groups -OCH3 is 1. The smallest absolute Gasteiger partial charge is 0.277 e. The van der Waals surface area contributed by atoms with Crippen LogP contribution in [0.3, 0.4) is 0 Å². The monoisotopic (exact) mass is 384 g/mol. The van der Waals surface area contributed by atoms with Gasteiger partial charge in [0, 0.05) is 12.1 Å². The molecule has 0 bridgehead atoms. The Hall–Kier alpha value is -1.83. The van der Waals surface area contributed by atoms with Gasteiger partial charge in [-0.05, 0) is 32.0 Å². The summed E-state index contributed by atoms with van der Waals surface area (Å²) in [4.78, 5) is 27.3. The predicted molar refractivity (Wildman–Crippen MR) is 99.8 cm³/mol. The molecule has 7 nitrogen and oxygen atoms in total. The molecule has 1 heterocycles. The molecule has 1 saturated heterocycles. The molecule has 8 heteroatoms. The molecule has 0 radical (unpaired) electrons. The second-order valence-electron chi connectivity index (χ2n) is 6.73. The van der Waals surface area contributed by atoms with Crippen molar-refractivity contribution in [3.8, 4) is 5.75 Å². The van der Waals surface area contributed by atoms with Gasteiger partial charge in [0.05, 0.1) is 19.3 Å². The molecule has 2 N–H and O–H groups in total. The van der Waals surface area contributed by atoms with Crippen LogP contribution in [0.1, 0.15) is 13.8 Å². The third-order valence-corrected chi connectivity index (χ3v) is 4.50. The number of quaternary nitrogens is 1. The minimum atomic E-state index is -0.305. The van der Waals surface area contributed by atoms with Crippen LogP contribution in [-0.4, -0.2) is 69.3 Å². The van der Waals surface area contributed by atoms with Crippen LogP contribution in [-0.2, 0) is 14.3 Å². The summed E-state index contributed by atoms with van der Waals surface area (Å²) in [5, 5.41) is 3.23.